The van der Waals surface area contributed by atoms with Gasteiger partial charge in [-0.2, -0.15) is 0 Å². The zero-order valence-electron chi connectivity index (χ0n) is 18.3. The Morgan fingerprint density at radius 1 is 0.903 bits per heavy atom. The molecule has 1 aliphatic rings. The lowest BCUT2D eigenvalue weighted by Crippen LogP contribution is -2.20. The van der Waals surface area contributed by atoms with Crippen LogP contribution in [0.25, 0.3) is 0 Å². The number of methoxy groups -OCH3 is 3. The molecule has 0 saturated carbocycles. The van der Waals surface area contributed by atoms with Crippen LogP contribution >= 0.6 is 0 Å². The van der Waals surface area contributed by atoms with Crippen molar-refractivity contribution in [3.63, 3.8) is 0 Å². The Hall–Kier alpha value is -3.22. The van der Waals surface area contributed by atoms with E-state index in [1.165, 1.54) is 7.11 Å². The molecule has 2 aromatic rings. The molecular weight excluding hydrogens is 400 g/mol. The summed E-state index contributed by atoms with van der Waals surface area (Å²) in [4.78, 5) is 24.0. The standard InChI is InChI=1S/C24H28O7/c1-5-23(25)31-20-9-7-16(13-22(20)29-4)11-18-17(14-30-24(18)26)10-15-6-8-19(27-2)21(12-15)28-3/h6-9,12-13,17-18H,5,10-11,14H2,1-4H3/t17-,18+/m0/s1. The molecule has 1 heterocycles. The second-order valence-electron chi connectivity index (χ2n) is 7.41. The first-order valence-electron chi connectivity index (χ1n) is 10.2. The van der Waals surface area contributed by atoms with E-state index in [9.17, 15) is 9.59 Å². The van der Waals surface area contributed by atoms with Crippen LogP contribution in [0, 0.1) is 11.8 Å². The number of cyclic esters (lactones) is 1. The zero-order valence-corrected chi connectivity index (χ0v) is 18.3. The average molecular weight is 428 g/mol. The van der Waals surface area contributed by atoms with Gasteiger partial charge in [-0.25, -0.2) is 0 Å². The highest BCUT2D eigenvalue weighted by molar-refractivity contribution is 5.75. The molecule has 3 rings (SSSR count). The van der Waals surface area contributed by atoms with Gasteiger partial charge in [-0.05, 0) is 48.2 Å². The van der Waals surface area contributed by atoms with E-state index in [2.05, 4.69) is 0 Å². The van der Waals surface area contributed by atoms with Gasteiger partial charge in [0.25, 0.3) is 0 Å². The Morgan fingerprint density at radius 2 is 1.48 bits per heavy atom. The van der Waals surface area contributed by atoms with Gasteiger partial charge in [0.1, 0.15) is 0 Å². The summed E-state index contributed by atoms with van der Waals surface area (Å²) >= 11 is 0. The minimum atomic E-state index is -0.333. The molecule has 2 aromatic carbocycles. The van der Waals surface area contributed by atoms with Gasteiger partial charge in [0.2, 0.25) is 0 Å². The van der Waals surface area contributed by atoms with Gasteiger partial charge >= 0.3 is 11.9 Å². The summed E-state index contributed by atoms with van der Waals surface area (Å²) in [5.74, 6) is 1.37. The average Bonchev–Trinajstić information content (AvgIpc) is 3.13. The van der Waals surface area contributed by atoms with Gasteiger partial charge in [0, 0.05) is 12.3 Å². The summed E-state index contributed by atoms with van der Waals surface area (Å²) in [6, 6.07) is 11.1. The van der Waals surface area contributed by atoms with Gasteiger partial charge < -0.3 is 23.7 Å². The van der Waals surface area contributed by atoms with Crippen LogP contribution in [0.15, 0.2) is 36.4 Å². The van der Waals surface area contributed by atoms with Crippen molar-refractivity contribution in [2.75, 3.05) is 27.9 Å². The van der Waals surface area contributed by atoms with Gasteiger partial charge in [0.15, 0.2) is 23.0 Å². The van der Waals surface area contributed by atoms with Crippen LogP contribution in [-0.4, -0.2) is 39.9 Å². The number of hydrogen-bond acceptors (Lipinski definition) is 7. The summed E-state index contributed by atoms with van der Waals surface area (Å²) in [7, 11) is 4.72. The molecule has 166 valence electrons. The summed E-state index contributed by atoms with van der Waals surface area (Å²) in [5.41, 5.74) is 1.96. The molecule has 0 N–H and O–H groups in total. The second-order valence-corrected chi connectivity index (χ2v) is 7.41. The summed E-state index contributed by atoms with van der Waals surface area (Å²) in [6.45, 7) is 2.11. The molecule has 7 nitrogen and oxygen atoms in total. The van der Waals surface area contributed by atoms with E-state index in [-0.39, 0.29) is 30.2 Å². The minimum absolute atomic E-state index is 0.0363. The van der Waals surface area contributed by atoms with Crippen LogP contribution in [0.1, 0.15) is 24.5 Å². The van der Waals surface area contributed by atoms with Crippen molar-refractivity contribution in [3.8, 4) is 23.0 Å². The lowest BCUT2D eigenvalue weighted by atomic mass is 9.85. The van der Waals surface area contributed by atoms with Crippen LogP contribution in [0.4, 0.5) is 0 Å². The fraction of sp³-hybridized carbons (Fsp3) is 0.417. The van der Waals surface area contributed by atoms with Crippen molar-refractivity contribution < 1.29 is 33.3 Å². The second kappa shape index (κ2) is 10.2. The van der Waals surface area contributed by atoms with Crippen LogP contribution in [0.5, 0.6) is 23.0 Å². The highest BCUT2D eigenvalue weighted by Gasteiger charge is 2.37. The number of rotatable bonds is 9. The fourth-order valence-electron chi connectivity index (χ4n) is 3.74. The molecule has 2 atom stereocenters. The summed E-state index contributed by atoms with van der Waals surface area (Å²) < 4.78 is 26.7. The molecule has 1 saturated heterocycles. The highest BCUT2D eigenvalue weighted by atomic mass is 16.6. The van der Waals surface area contributed by atoms with Crippen molar-refractivity contribution in [2.24, 2.45) is 11.8 Å². The maximum atomic E-state index is 12.4. The van der Waals surface area contributed by atoms with E-state index in [1.54, 1.807) is 33.3 Å². The van der Waals surface area contributed by atoms with Crippen LogP contribution < -0.4 is 18.9 Å². The van der Waals surface area contributed by atoms with Gasteiger partial charge in [-0.1, -0.05) is 19.1 Å². The zero-order chi connectivity index (χ0) is 22.4. The Morgan fingerprint density at radius 3 is 2.10 bits per heavy atom. The number of hydrogen-bond donors (Lipinski definition) is 0. The number of esters is 2. The molecule has 0 amide bonds. The van der Waals surface area contributed by atoms with Gasteiger partial charge in [-0.3, -0.25) is 9.59 Å². The summed E-state index contributed by atoms with van der Waals surface area (Å²) in [6.07, 6.45) is 1.46. The maximum Gasteiger partial charge on any atom is 0.311 e. The fourth-order valence-corrected chi connectivity index (χ4v) is 3.74. The Labute approximate surface area is 182 Å². The molecule has 0 aromatic heterocycles. The molecule has 0 spiro atoms. The first-order valence-corrected chi connectivity index (χ1v) is 10.2. The first kappa shape index (κ1) is 22.5. The lowest BCUT2D eigenvalue weighted by molar-refractivity contribution is -0.141. The Bertz CT molecular complexity index is 938. The van der Waals surface area contributed by atoms with E-state index in [4.69, 9.17) is 23.7 Å². The molecule has 0 unspecified atom stereocenters. The highest BCUT2D eigenvalue weighted by Crippen LogP contribution is 2.35. The number of benzene rings is 2. The van der Waals surface area contributed by atoms with Crippen molar-refractivity contribution in [1.29, 1.82) is 0 Å². The minimum Gasteiger partial charge on any atom is -0.493 e. The Kier molecular flexibility index (Phi) is 7.39. The molecule has 1 aliphatic heterocycles. The largest absolute Gasteiger partial charge is 0.493 e. The van der Waals surface area contributed by atoms with E-state index in [1.807, 2.05) is 24.3 Å². The monoisotopic (exact) mass is 428 g/mol. The molecule has 7 heteroatoms. The molecule has 0 bridgehead atoms. The van der Waals surface area contributed by atoms with Gasteiger partial charge in [-0.15, -0.1) is 0 Å². The topological polar surface area (TPSA) is 80.3 Å². The van der Waals surface area contributed by atoms with Crippen molar-refractivity contribution in [1.82, 2.24) is 0 Å². The van der Waals surface area contributed by atoms with Crippen LogP contribution in [-0.2, 0) is 27.2 Å². The predicted octanol–water partition coefficient (Wildman–Crippen LogP) is 3.60. The third-order valence-electron chi connectivity index (χ3n) is 5.45. The van der Waals surface area contributed by atoms with Crippen molar-refractivity contribution >= 4 is 11.9 Å². The Balaban J connectivity index is 1.75. The molecular formula is C24H28O7. The van der Waals surface area contributed by atoms with E-state index < -0.39 is 0 Å². The summed E-state index contributed by atoms with van der Waals surface area (Å²) in [5, 5.41) is 0. The van der Waals surface area contributed by atoms with Crippen LogP contribution in [0.2, 0.25) is 0 Å². The normalized spacial score (nSPS) is 17.7. The van der Waals surface area contributed by atoms with Crippen LogP contribution in [0.3, 0.4) is 0 Å². The van der Waals surface area contributed by atoms with E-state index in [0.29, 0.717) is 42.4 Å². The molecule has 0 radical (unpaired) electrons. The van der Waals surface area contributed by atoms with E-state index in [0.717, 1.165) is 11.1 Å². The third-order valence-corrected chi connectivity index (χ3v) is 5.45. The number of carbonyl (C=O) groups is 2. The lowest BCUT2D eigenvalue weighted by Gasteiger charge is -2.17. The number of carbonyl (C=O) groups excluding carboxylic acids is 2. The third kappa shape index (κ3) is 5.29. The van der Waals surface area contributed by atoms with Crippen molar-refractivity contribution in [2.45, 2.75) is 26.2 Å². The molecule has 1 fully saturated rings. The predicted molar refractivity (Wildman–Crippen MR) is 114 cm³/mol. The SMILES string of the molecule is CCC(=O)Oc1ccc(C[C@H]2C(=O)OC[C@@H]2Cc2ccc(OC)c(OC)c2)cc1OC. The maximum absolute atomic E-state index is 12.4. The van der Waals surface area contributed by atoms with Gasteiger partial charge in [0.05, 0.1) is 33.9 Å². The van der Waals surface area contributed by atoms with E-state index >= 15 is 0 Å². The molecule has 31 heavy (non-hydrogen) atoms. The number of ether oxygens (including phenoxy) is 5. The van der Waals surface area contributed by atoms with Crippen molar-refractivity contribution in [3.05, 3.63) is 47.5 Å². The molecule has 0 aliphatic carbocycles. The first-order chi connectivity index (χ1) is 15.0. The quantitative estimate of drug-likeness (QED) is 0.446. The smallest absolute Gasteiger partial charge is 0.311 e.